The molecular formula is C14H21NO2. The molecular weight excluding hydrogens is 214 g/mol. The van der Waals surface area contributed by atoms with Crippen molar-refractivity contribution in [3.63, 3.8) is 0 Å². The van der Waals surface area contributed by atoms with Crippen LogP contribution in [0.1, 0.15) is 19.4 Å². The zero-order valence-corrected chi connectivity index (χ0v) is 10.8. The molecule has 0 aliphatic heterocycles. The third kappa shape index (κ3) is 4.19. The van der Waals surface area contributed by atoms with Gasteiger partial charge in [0.25, 0.3) is 0 Å². The first-order valence-electron chi connectivity index (χ1n) is 5.99. The molecule has 0 bridgehead atoms. The number of rotatable bonds is 6. The average Bonchev–Trinajstić information content (AvgIpc) is 2.35. The molecule has 0 saturated heterocycles. The second-order valence-electron chi connectivity index (χ2n) is 4.58. The van der Waals surface area contributed by atoms with Crippen molar-refractivity contribution in [2.45, 2.75) is 26.3 Å². The van der Waals surface area contributed by atoms with Gasteiger partial charge in [0.1, 0.15) is 0 Å². The van der Waals surface area contributed by atoms with Gasteiger partial charge in [-0.3, -0.25) is 4.79 Å². The Bertz CT molecular complexity index is 350. The Morgan fingerprint density at radius 3 is 2.41 bits per heavy atom. The van der Waals surface area contributed by atoms with Gasteiger partial charge >= 0.3 is 5.97 Å². The molecule has 0 aliphatic rings. The van der Waals surface area contributed by atoms with Gasteiger partial charge in [-0.25, -0.2) is 0 Å². The lowest BCUT2D eigenvalue weighted by atomic mass is 10.0. The standard InChI is InChI=1S/C14H21NO2/c1-11(14(16)17)12(2)15(3)10-9-13-7-5-4-6-8-13/h4-8,11-12H,9-10H2,1-3H3,(H,16,17). The maximum atomic E-state index is 10.9. The maximum absolute atomic E-state index is 10.9. The topological polar surface area (TPSA) is 40.5 Å². The SMILES string of the molecule is CC(C(=O)O)C(C)N(C)CCc1ccccc1. The molecule has 0 amide bonds. The molecule has 0 saturated carbocycles. The van der Waals surface area contributed by atoms with Gasteiger partial charge in [-0.1, -0.05) is 37.3 Å². The molecule has 1 aromatic carbocycles. The molecule has 2 atom stereocenters. The van der Waals surface area contributed by atoms with E-state index in [0.29, 0.717) is 0 Å². The number of benzene rings is 1. The zero-order chi connectivity index (χ0) is 12.8. The largest absolute Gasteiger partial charge is 0.481 e. The first kappa shape index (κ1) is 13.7. The number of hydrogen-bond donors (Lipinski definition) is 1. The summed E-state index contributed by atoms with van der Waals surface area (Å²) in [7, 11) is 1.98. The van der Waals surface area contributed by atoms with Crippen molar-refractivity contribution in [3.8, 4) is 0 Å². The minimum atomic E-state index is -0.732. The Labute approximate surface area is 103 Å². The van der Waals surface area contributed by atoms with Crippen LogP contribution in [-0.4, -0.2) is 35.6 Å². The first-order chi connectivity index (χ1) is 8.02. The molecule has 1 N–H and O–H groups in total. The van der Waals surface area contributed by atoms with Gasteiger partial charge in [-0.2, -0.15) is 0 Å². The molecule has 1 rings (SSSR count). The number of carboxylic acids is 1. The smallest absolute Gasteiger partial charge is 0.307 e. The summed E-state index contributed by atoms with van der Waals surface area (Å²) in [4.78, 5) is 13.0. The third-order valence-corrected chi connectivity index (χ3v) is 3.40. The van der Waals surface area contributed by atoms with Crippen molar-refractivity contribution < 1.29 is 9.90 Å². The van der Waals surface area contributed by atoms with Gasteiger partial charge in [0, 0.05) is 12.6 Å². The number of hydrogen-bond acceptors (Lipinski definition) is 2. The Balaban J connectivity index is 2.44. The van der Waals surface area contributed by atoms with E-state index >= 15 is 0 Å². The normalized spacial score (nSPS) is 14.6. The van der Waals surface area contributed by atoms with Crippen molar-refractivity contribution in [1.82, 2.24) is 4.90 Å². The predicted octanol–water partition coefficient (Wildman–Crippen LogP) is 2.27. The van der Waals surface area contributed by atoms with E-state index in [9.17, 15) is 4.79 Å². The van der Waals surface area contributed by atoms with E-state index < -0.39 is 5.97 Å². The Morgan fingerprint density at radius 1 is 1.29 bits per heavy atom. The Kier molecular flexibility index (Phi) is 5.16. The molecule has 0 spiro atoms. The van der Waals surface area contributed by atoms with Crippen LogP contribution in [-0.2, 0) is 11.2 Å². The van der Waals surface area contributed by atoms with E-state index in [2.05, 4.69) is 17.0 Å². The number of likely N-dealkylation sites (N-methyl/N-ethyl adjacent to an activating group) is 1. The fraction of sp³-hybridized carbons (Fsp3) is 0.500. The lowest BCUT2D eigenvalue weighted by molar-refractivity contribution is -0.143. The van der Waals surface area contributed by atoms with E-state index in [1.165, 1.54) is 5.56 Å². The van der Waals surface area contributed by atoms with Crippen molar-refractivity contribution >= 4 is 5.97 Å². The molecule has 0 radical (unpaired) electrons. The summed E-state index contributed by atoms with van der Waals surface area (Å²) in [5.74, 6) is -1.07. The summed E-state index contributed by atoms with van der Waals surface area (Å²) in [6.45, 7) is 4.60. The monoisotopic (exact) mass is 235 g/mol. The minimum Gasteiger partial charge on any atom is -0.481 e. The number of aliphatic carboxylic acids is 1. The van der Waals surface area contributed by atoms with Crippen LogP contribution in [0.4, 0.5) is 0 Å². The fourth-order valence-corrected chi connectivity index (χ4v) is 1.74. The molecule has 0 fully saturated rings. The van der Waals surface area contributed by atoms with Crippen LogP contribution >= 0.6 is 0 Å². The summed E-state index contributed by atoms with van der Waals surface area (Å²) in [6.07, 6.45) is 0.952. The molecule has 94 valence electrons. The molecule has 3 nitrogen and oxygen atoms in total. The Morgan fingerprint density at radius 2 is 1.88 bits per heavy atom. The molecule has 0 aromatic heterocycles. The van der Waals surface area contributed by atoms with Gasteiger partial charge in [0.2, 0.25) is 0 Å². The van der Waals surface area contributed by atoms with Crippen LogP contribution in [0.15, 0.2) is 30.3 Å². The molecule has 0 heterocycles. The maximum Gasteiger partial charge on any atom is 0.307 e. The van der Waals surface area contributed by atoms with E-state index in [1.807, 2.05) is 32.2 Å². The highest BCUT2D eigenvalue weighted by atomic mass is 16.4. The summed E-state index contributed by atoms with van der Waals surface area (Å²) in [5, 5.41) is 8.96. The van der Waals surface area contributed by atoms with Gasteiger partial charge in [-0.15, -0.1) is 0 Å². The second kappa shape index (κ2) is 6.40. The number of carboxylic acid groups (broad SMARTS) is 1. The van der Waals surface area contributed by atoms with Crippen LogP contribution in [0, 0.1) is 5.92 Å². The quantitative estimate of drug-likeness (QED) is 0.822. The number of carbonyl (C=O) groups is 1. The average molecular weight is 235 g/mol. The van der Waals surface area contributed by atoms with Crippen LogP contribution in [0.3, 0.4) is 0 Å². The van der Waals surface area contributed by atoms with Gasteiger partial charge < -0.3 is 10.0 Å². The summed E-state index contributed by atoms with van der Waals surface area (Å²) in [5.41, 5.74) is 1.29. The molecule has 2 unspecified atom stereocenters. The summed E-state index contributed by atoms with van der Waals surface area (Å²) >= 11 is 0. The van der Waals surface area contributed by atoms with Gasteiger partial charge in [0.05, 0.1) is 5.92 Å². The van der Waals surface area contributed by atoms with E-state index in [0.717, 1.165) is 13.0 Å². The summed E-state index contributed by atoms with van der Waals surface area (Å²) < 4.78 is 0. The van der Waals surface area contributed by atoms with Crippen molar-refractivity contribution in [3.05, 3.63) is 35.9 Å². The van der Waals surface area contributed by atoms with Crippen LogP contribution in [0.25, 0.3) is 0 Å². The van der Waals surface area contributed by atoms with Gasteiger partial charge in [0.15, 0.2) is 0 Å². The molecule has 3 heteroatoms. The molecule has 0 aliphatic carbocycles. The highest BCUT2D eigenvalue weighted by Crippen LogP contribution is 2.10. The molecule has 17 heavy (non-hydrogen) atoms. The van der Waals surface area contributed by atoms with Crippen molar-refractivity contribution in [1.29, 1.82) is 0 Å². The van der Waals surface area contributed by atoms with E-state index in [-0.39, 0.29) is 12.0 Å². The van der Waals surface area contributed by atoms with Gasteiger partial charge in [-0.05, 0) is 26.0 Å². The summed E-state index contributed by atoms with van der Waals surface area (Å²) in [6, 6.07) is 10.3. The third-order valence-electron chi connectivity index (χ3n) is 3.40. The predicted molar refractivity (Wildman–Crippen MR) is 69.0 cm³/mol. The Hall–Kier alpha value is -1.35. The highest BCUT2D eigenvalue weighted by molar-refractivity contribution is 5.70. The molecule has 1 aromatic rings. The first-order valence-corrected chi connectivity index (χ1v) is 5.99. The minimum absolute atomic E-state index is 0.0520. The van der Waals surface area contributed by atoms with Crippen LogP contribution in [0.2, 0.25) is 0 Å². The van der Waals surface area contributed by atoms with E-state index in [1.54, 1.807) is 6.92 Å². The lowest BCUT2D eigenvalue weighted by Gasteiger charge is -2.27. The highest BCUT2D eigenvalue weighted by Gasteiger charge is 2.22. The number of nitrogens with zero attached hydrogens (tertiary/aromatic N) is 1. The lowest BCUT2D eigenvalue weighted by Crippen LogP contribution is -2.38. The van der Waals surface area contributed by atoms with E-state index in [4.69, 9.17) is 5.11 Å². The van der Waals surface area contributed by atoms with Crippen molar-refractivity contribution in [2.75, 3.05) is 13.6 Å². The van der Waals surface area contributed by atoms with Crippen molar-refractivity contribution in [2.24, 2.45) is 5.92 Å². The fourth-order valence-electron chi connectivity index (χ4n) is 1.74. The second-order valence-corrected chi connectivity index (χ2v) is 4.58. The van der Waals surface area contributed by atoms with Crippen LogP contribution < -0.4 is 0 Å². The van der Waals surface area contributed by atoms with Crippen LogP contribution in [0.5, 0.6) is 0 Å². The zero-order valence-electron chi connectivity index (χ0n) is 10.8.